The minimum absolute atomic E-state index is 0.137. The molecule has 1 aliphatic rings. The Kier molecular flexibility index (Phi) is 3.70. The largest absolute Gasteiger partial charge is 0.369 e. The normalized spacial score (nSPS) is 21.6. The summed E-state index contributed by atoms with van der Waals surface area (Å²) in [6.45, 7) is 2.51. The van der Waals surface area contributed by atoms with Crippen molar-refractivity contribution in [2.45, 2.75) is 25.9 Å². The van der Waals surface area contributed by atoms with Crippen LogP contribution < -0.4 is 5.32 Å². The fraction of sp³-hybridized carbons (Fsp3) is 0.538. The number of hydrogen-bond acceptors (Lipinski definition) is 5. The molecule has 2 N–H and O–H groups in total. The Hall–Kier alpha value is -2.22. The van der Waals surface area contributed by atoms with Crippen molar-refractivity contribution >= 4 is 11.9 Å². The van der Waals surface area contributed by atoms with Crippen LogP contribution in [0.2, 0.25) is 0 Å². The van der Waals surface area contributed by atoms with Gasteiger partial charge in [0.15, 0.2) is 0 Å². The summed E-state index contributed by atoms with van der Waals surface area (Å²) in [6.07, 6.45) is 4.62. The van der Waals surface area contributed by atoms with Gasteiger partial charge in [0.2, 0.25) is 11.9 Å². The lowest BCUT2D eigenvalue weighted by Crippen LogP contribution is -2.27. The average molecular weight is 290 g/mol. The second kappa shape index (κ2) is 5.65. The third-order valence-electron chi connectivity index (χ3n) is 3.64. The van der Waals surface area contributed by atoms with Gasteiger partial charge in [-0.05, 0) is 6.42 Å². The lowest BCUT2D eigenvalue weighted by molar-refractivity contribution is -0.121. The van der Waals surface area contributed by atoms with Gasteiger partial charge < -0.3 is 9.30 Å². The second-order valence-corrected chi connectivity index (χ2v) is 5.03. The number of aromatic nitrogens is 5. The van der Waals surface area contributed by atoms with Crippen LogP contribution >= 0.6 is 0 Å². The van der Waals surface area contributed by atoms with E-state index in [1.807, 2.05) is 24.7 Å². The fourth-order valence-corrected chi connectivity index (χ4v) is 2.48. The monoisotopic (exact) mass is 290 g/mol. The number of ether oxygens (including phenoxy) is 1. The topological polar surface area (TPSA) is 97.7 Å². The van der Waals surface area contributed by atoms with Gasteiger partial charge in [0.1, 0.15) is 17.8 Å². The van der Waals surface area contributed by atoms with Crippen LogP contribution in [0.15, 0.2) is 12.4 Å². The second-order valence-electron chi connectivity index (χ2n) is 5.03. The van der Waals surface area contributed by atoms with Crippen molar-refractivity contribution in [1.29, 1.82) is 0 Å². The van der Waals surface area contributed by atoms with Crippen LogP contribution in [0.1, 0.15) is 31.1 Å². The van der Waals surface area contributed by atoms with Crippen molar-refractivity contribution in [3.8, 4) is 0 Å². The van der Waals surface area contributed by atoms with Gasteiger partial charge in [-0.25, -0.2) is 4.98 Å². The molecule has 0 unspecified atom stereocenters. The zero-order valence-electron chi connectivity index (χ0n) is 12.0. The van der Waals surface area contributed by atoms with Gasteiger partial charge in [0.25, 0.3) is 0 Å². The summed E-state index contributed by atoms with van der Waals surface area (Å²) in [4.78, 5) is 20.9. The number of carbonyl (C=O) groups is 1. The SMILES string of the molecule is CCc1nc(NC(=O)[C@@H]2CCO[C@H]2c2nccn2C)n[nH]1. The Bertz CT molecular complexity index is 634. The van der Waals surface area contributed by atoms with Gasteiger partial charge in [-0.2, -0.15) is 4.98 Å². The van der Waals surface area contributed by atoms with E-state index in [1.54, 1.807) is 6.20 Å². The number of hydrogen-bond donors (Lipinski definition) is 2. The summed E-state index contributed by atoms with van der Waals surface area (Å²) in [5.74, 6) is 1.39. The number of nitrogens with one attached hydrogen (secondary N) is 2. The summed E-state index contributed by atoms with van der Waals surface area (Å²) >= 11 is 0. The van der Waals surface area contributed by atoms with Crippen molar-refractivity contribution in [3.63, 3.8) is 0 Å². The molecule has 0 saturated carbocycles. The zero-order chi connectivity index (χ0) is 14.8. The van der Waals surface area contributed by atoms with Gasteiger partial charge in [-0.15, -0.1) is 5.10 Å². The van der Waals surface area contributed by atoms with Gasteiger partial charge in [0.05, 0.1) is 5.92 Å². The highest BCUT2D eigenvalue weighted by molar-refractivity contribution is 5.91. The van der Waals surface area contributed by atoms with Crippen molar-refractivity contribution < 1.29 is 9.53 Å². The predicted octanol–water partition coefficient (Wildman–Crippen LogP) is 0.817. The third kappa shape index (κ3) is 2.66. The maximum atomic E-state index is 12.4. The van der Waals surface area contributed by atoms with Gasteiger partial charge in [-0.3, -0.25) is 15.2 Å². The van der Waals surface area contributed by atoms with Crippen molar-refractivity contribution in [2.24, 2.45) is 13.0 Å². The van der Waals surface area contributed by atoms with Crippen LogP contribution in [0.3, 0.4) is 0 Å². The Morgan fingerprint density at radius 1 is 1.62 bits per heavy atom. The fourth-order valence-electron chi connectivity index (χ4n) is 2.48. The first-order valence-corrected chi connectivity index (χ1v) is 7.00. The van der Waals surface area contributed by atoms with Crippen LogP contribution in [0.25, 0.3) is 0 Å². The Balaban J connectivity index is 1.73. The molecular weight excluding hydrogens is 272 g/mol. The van der Waals surface area contributed by atoms with Crippen LogP contribution in [-0.4, -0.2) is 37.2 Å². The van der Waals surface area contributed by atoms with Crippen LogP contribution in [0.4, 0.5) is 5.95 Å². The van der Waals surface area contributed by atoms with E-state index >= 15 is 0 Å². The highest BCUT2D eigenvalue weighted by Gasteiger charge is 2.37. The molecule has 0 spiro atoms. The van der Waals surface area contributed by atoms with E-state index in [1.165, 1.54) is 0 Å². The number of nitrogens with zero attached hydrogens (tertiary/aromatic N) is 4. The molecule has 1 aliphatic heterocycles. The Labute approximate surface area is 121 Å². The van der Waals surface area contributed by atoms with E-state index < -0.39 is 0 Å². The number of rotatable bonds is 4. The molecule has 21 heavy (non-hydrogen) atoms. The smallest absolute Gasteiger partial charge is 0.248 e. The summed E-state index contributed by atoms with van der Waals surface area (Å²) in [6, 6.07) is 0. The zero-order valence-corrected chi connectivity index (χ0v) is 12.0. The molecule has 1 saturated heterocycles. The maximum absolute atomic E-state index is 12.4. The van der Waals surface area contributed by atoms with Gasteiger partial charge >= 0.3 is 0 Å². The maximum Gasteiger partial charge on any atom is 0.248 e. The molecule has 2 aromatic heterocycles. The molecular formula is C13H18N6O2. The third-order valence-corrected chi connectivity index (χ3v) is 3.64. The average Bonchev–Trinajstić information content (AvgIpc) is 3.17. The first kappa shape index (κ1) is 13.7. The highest BCUT2D eigenvalue weighted by Crippen LogP contribution is 2.34. The lowest BCUT2D eigenvalue weighted by atomic mass is 10.00. The summed E-state index contributed by atoms with van der Waals surface area (Å²) < 4.78 is 7.56. The highest BCUT2D eigenvalue weighted by atomic mass is 16.5. The number of aryl methyl sites for hydroxylation is 2. The minimum Gasteiger partial charge on any atom is -0.369 e. The molecule has 1 amide bonds. The molecule has 8 heteroatoms. The molecule has 112 valence electrons. The minimum atomic E-state index is -0.324. The first-order valence-electron chi connectivity index (χ1n) is 7.00. The lowest BCUT2D eigenvalue weighted by Gasteiger charge is -2.16. The van der Waals surface area contributed by atoms with E-state index in [9.17, 15) is 4.79 Å². The number of anilines is 1. The standard InChI is InChI=1S/C13H18N6O2/c1-3-9-15-13(18-17-9)16-12(20)8-4-7-21-10(8)11-14-5-6-19(11)2/h5-6,8,10H,3-4,7H2,1-2H3,(H2,15,16,17,18,20)/t8-,10-/m1/s1. The van der Waals surface area contributed by atoms with E-state index in [4.69, 9.17) is 4.74 Å². The van der Waals surface area contributed by atoms with E-state index in [2.05, 4.69) is 25.5 Å². The number of imidazole rings is 1. The number of aromatic amines is 1. The summed E-state index contributed by atoms with van der Waals surface area (Å²) in [7, 11) is 1.89. The van der Waals surface area contributed by atoms with Crippen molar-refractivity contribution in [3.05, 3.63) is 24.0 Å². The molecule has 3 rings (SSSR count). The Morgan fingerprint density at radius 2 is 2.48 bits per heavy atom. The number of amides is 1. The molecule has 8 nitrogen and oxygen atoms in total. The molecule has 0 aliphatic carbocycles. The molecule has 2 aromatic rings. The van der Waals surface area contributed by atoms with Crippen molar-refractivity contribution in [1.82, 2.24) is 24.7 Å². The molecule has 0 bridgehead atoms. The van der Waals surface area contributed by atoms with Crippen LogP contribution in [0.5, 0.6) is 0 Å². The predicted molar refractivity (Wildman–Crippen MR) is 74.4 cm³/mol. The van der Waals surface area contributed by atoms with Crippen molar-refractivity contribution in [2.75, 3.05) is 11.9 Å². The Morgan fingerprint density at radius 3 is 3.14 bits per heavy atom. The van der Waals surface area contributed by atoms with Gasteiger partial charge in [-0.1, -0.05) is 6.92 Å². The van der Waals surface area contributed by atoms with Gasteiger partial charge in [0, 0.05) is 32.5 Å². The first-order chi connectivity index (χ1) is 10.2. The molecule has 2 atom stereocenters. The summed E-state index contributed by atoms with van der Waals surface area (Å²) in [5, 5.41) is 9.49. The van der Waals surface area contributed by atoms with Crippen LogP contribution in [0, 0.1) is 5.92 Å². The van der Waals surface area contributed by atoms with E-state index in [-0.39, 0.29) is 17.9 Å². The van der Waals surface area contributed by atoms with E-state index in [0.717, 1.165) is 18.1 Å². The number of carbonyl (C=O) groups excluding carboxylic acids is 1. The molecule has 1 fully saturated rings. The van der Waals surface area contributed by atoms with E-state index in [0.29, 0.717) is 19.0 Å². The summed E-state index contributed by atoms with van der Waals surface area (Å²) in [5.41, 5.74) is 0. The van der Waals surface area contributed by atoms with Crippen LogP contribution in [-0.2, 0) is 23.0 Å². The molecule has 3 heterocycles. The molecule has 0 radical (unpaired) electrons. The molecule has 0 aromatic carbocycles. The quantitative estimate of drug-likeness (QED) is 0.868. The number of H-pyrrole nitrogens is 1.